The first-order valence-electron chi connectivity index (χ1n) is 14.0. The van der Waals surface area contributed by atoms with Gasteiger partial charge in [0.15, 0.2) is 0 Å². The van der Waals surface area contributed by atoms with E-state index in [0.29, 0.717) is 27.1 Å². The molecule has 7 nitrogen and oxygen atoms in total. The molecule has 2 amide bonds. The fraction of sp³-hybridized carbons (Fsp3) is 0.355. The highest BCUT2D eigenvalue weighted by Crippen LogP contribution is 2.28. The lowest BCUT2D eigenvalue weighted by molar-refractivity contribution is -0.140. The minimum Gasteiger partial charge on any atom is -0.352 e. The van der Waals surface area contributed by atoms with Crippen LogP contribution in [0.3, 0.4) is 0 Å². The second-order valence-electron chi connectivity index (χ2n) is 10.3. The van der Waals surface area contributed by atoms with Gasteiger partial charge in [0.2, 0.25) is 11.8 Å². The first-order chi connectivity index (χ1) is 20.1. The van der Waals surface area contributed by atoms with E-state index in [2.05, 4.69) is 5.32 Å². The van der Waals surface area contributed by atoms with Crippen molar-refractivity contribution in [3.63, 3.8) is 0 Å². The van der Waals surface area contributed by atoms with Gasteiger partial charge in [-0.15, -0.1) is 0 Å². The predicted molar refractivity (Wildman–Crippen MR) is 169 cm³/mol. The number of nitrogens with zero attached hydrogens (tertiary/aromatic N) is 2. The van der Waals surface area contributed by atoms with Crippen LogP contribution in [0, 0.1) is 0 Å². The second kappa shape index (κ2) is 14.6. The second-order valence-corrected chi connectivity index (χ2v) is 13.5. The number of carbonyl (C=O) groups excluding carboxylic acids is 2. The molecule has 1 atom stereocenters. The first-order valence-corrected chi connectivity index (χ1v) is 16.5. The van der Waals surface area contributed by atoms with Gasteiger partial charge in [0.05, 0.1) is 10.6 Å². The molecule has 0 radical (unpaired) electrons. The van der Waals surface area contributed by atoms with Crippen molar-refractivity contribution in [2.75, 3.05) is 10.8 Å². The van der Waals surface area contributed by atoms with Crippen molar-refractivity contribution in [1.29, 1.82) is 0 Å². The minimum absolute atomic E-state index is 0.00866. The van der Waals surface area contributed by atoms with Crippen LogP contribution in [0.15, 0.2) is 77.7 Å². The molecule has 42 heavy (non-hydrogen) atoms. The smallest absolute Gasteiger partial charge is 0.264 e. The normalized spacial score (nSPS) is 14.7. The Labute approximate surface area is 262 Å². The molecular weight excluding hydrogens is 617 g/mol. The Kier molecular flexibility index (Phi) is 11.2. The van der Waals surface area contributed by atoms with E-state index in [0.717, 1.165) is 36.4 Å². The first kappa shape index (κ1) is 32.1. The molecule has 1 aliphatic carbocycles. The topological polar surface area (TPSA) is 86.8 Å². The van der Waals surface area contributed by atoms with Crippen molar-refractivity contribution in [1.82, 2.24) is 10.2 Å². The number of benzene rings is 3. The lowest BCUT2D eigenvalue weighted by Gasteiger charge is -2.34. The Hall–Kier alpha value is -2.78. The van der Waals surface area contributed by atoms with Crippen LogP contribution in [0.5, 0.6) is 0 Å². The number of halogens is 3. The van der Waals surface area contributed by atoms with Crippen molar-refractivity contribution >= 4 is 62.3 Å². The maximum Gasteiger partial charge on any atom is 0.264 e. The number of sulfonamides is 1. The largest absolute Gasteiger partial charge is 0.352 e. The molecule has 1 fully saturated rings. The molecule has 1 unspecified atom stereocenters. The zero-order valence-corrected chi connectivity index (χ0v) is 26.4. The molecule has 4 rings (SSSR count). The molecule has 0 saturated heterocycles. The summed E-state index contributed by atoms with van der Waals surface area (Å²) in [4.78, 5) is 29.3. The fourth-order valence-electron chi connectivity index (χ4n) is 5.15. The van der Waals surface area contributed by atoms with Crippen LogP contribution in [0.1, 0.15) is 51.0 Å². The SMILES string of the molecule is CCC(C(=O)NC1CCCCC1)N(Cc1ccc(Cl)cc1Cl)C(=O)CN(c1ccc(Cl)cc1)S(=O)(=O)c1ccccc1. The lowest BCUT2D eigenvalue weighted by Crippen LogP contribution is -2.54. The van der Waals surface area contributed by atoms with E-state index in [1.807, 2.05) is 6.92 Å². The molecule has 3 aromatic carbocycles. The number of rotatable bonds is 11. The van der Waals surface area contributed by atoms with Gasteiger partial charge in [0, 0.05) is 27.7 Å². The number of amides is 2. The molecule has 0 aromatic heterocycles. The zero-order valence-electron chi connectivity index (χ0n) is 23.3. The highest BCUT2D eigenvalue weighted by Gasteiger charge is 2.34. The zero-order chi connectivity index (χ0) is 30.3. The van der Waals surface area contributed by atoms with Gasteiger partial charge in [-0.1, -0.05) is 85.3 Å². The molecule has 1 N–H and O–H groups in total. The van der Waals surface area contributed by atoms with Gasteiger partial charge in [-0.2, -0.15) is 0 Å². The summed E-state index contributed by atoms with van der Waals surface area (Å²) in [7, 11) is -4.16. The number of anilines is 1. The van der Waals surface area contributed by atoms with Crippen LogP contribution in [0.2, 0.25) is 15.1 Å². The standard InChI is InChI=1S/C31H34Cl3N3O4S/c1-2-29(31(39)35-25-9-5-3-6-10-25)36(20-22-13-14-24(33)19-28(22)34)30(38)21-37(26-17-15-23(32)16-18-26)42(40,41)27-11-7-4-8-12-27/h4,7-8,11-19,25,29H,2-3,5-6,9-10,20-21H2,1H3,(H,35,39). The van der Waals surface area contributed by atoms with Crippen LogP contribution in [-0.4, -0.2) is 43.8 Å². The van der Waals surface area contributed by atoms with Crippen LogP contribution >= 0.6 is 34.8 Å². The third-order valence-electron chi connectivity index (χ3n) is 7.42. The van der Waals surface area contributed by atoms with E-state index < -0.39 is 28.5 Å². The molecule has 0 heterocycles. The van der Waals surface area contributed by atoms with Crippen LogP contribution < -0.4 is 9.62 Å². The van der Waals surface area contributed by atoms with E-state index in [9.17, 15) is 18.0 Å². The van der Waals surface area contributed by atoms with Gasteiger partial charge >= 0.3 is 0 Å². The van der Waals surface area contributed by atoms with E-state index in [1.165, 1.54) is 17.0 Å². The third kappa shape index (κ3) is 7.98. The van der Waals surface area contributed by atoms with Gasteiger partial charge in [0.25, 0.3) is 10.0 Å². The number of hydrogen-bond acceptors (Lipinski definition) is 4. The van der Waals surface area contributed by atoms with E-state index in [4.69, 9.17) is 34.8 Å². The Bertz CT molecular complexity index is 1480. The van der Waals surface area contributed by atoms with E-state index in [-0.39, 0.29) is 29.1 Å². The summed E-state index contributed by atoms with van der Waals surface area (Å²) >= 11 is 18.7. The van der Waals surface area contributed by atoms with Crippen LogP contribution in [0.25, 0.3) is 0 Å². The van der Waals surface area contributed by atoms with Gasteiger partial charge in [-0.25, -0.2) is 8.42 Å². The summed E-state index contributed by atoms with van der Waals surface area (Å²) in [6, 6.07) is 18.2. The van der Waals surface area contributed by atoms with E-state index >= 15 is 0 Å². The quantitative estimate of drug-likeness (QED) is 0.240. The Balaban J connectivity index is 1.71. The molecule has 1 aliphatic rings. The Morgan fingerprint density at radius 1 is 0.905 bits per heavy atom. The molecule has 1 saturated carbocycles. The fourth-order valence-corrected chi connectivity index (χ4v) is 7.18. The van der Waals surface area contributed by atoms with Crippen LogP contribution in [-0.2, 0) is 26.2 Å². The van der Waals surface area contributed by atoms with Crippen LogP contribution in [0.4, 0.5) is 5.69 Å². The third-order valence-corrected chi connectivity index (χ3v) is 10.0. The predicted octanol–water partition coefficient (Wildman–Crippen LogP) is 7.10. The summed E-state index contributed by atoms with van der Waals surface area (Å²) in [6.07, 6.45) is 5.31. The molecule has 11 heteroatoms. The summed E-state index contributed by atoms with van der Waals surface area (Å²) < 4.78 is 28.8. The van der Waals surface area contributed by atoms with Crippen molar-refractivity contribution in [3.05, 3.63) is 93.4 Å². The number of hydrogen-bond donors (Lipinski definition) is 1. The minimum atomic E-state index is -4.16. The van der Waals surface area contributed by atoms with Gasteiger partial charge in [-0.05, 0) is 73.4 Å². The van der Waals surface area contributed by atoms with Crippen molar-refractivity contribution in [2.24, 2.45) is 0 Å². The lowest BCUT2D eigenvalue weighted by atomic mass is 9.95. The molecule has 0 aliphatic heterocycles. The average Bonchev–Trinajstić information content (AvgIpc) is 2.98. The van der Waals surface area contributed by atoms with Crippen molar-refractivity contribution in [3.8, 4) is 0 Å². The average molecular weight is 651 g/mol. The van der Waals surface area contributed by atoms with Gasteiger partial charge in [0.1, 0.15) is 12.6 Å². The molecule has 3 aromatic rings. The summed E-state index contributed by atoms with van der Waals surface area (Å²) in [5.74, 6) is -0.826. The highest BCUT2D eigenvalue weighted by molar-refractivity contribution is 7.92. The monoisotopic (exact) mass is 649 g/mol. The Morgan fingerprint density at radius 3 is 2.17 bits per heavy atom. The molecule has 0 bridgehead atoms. The maximum absolute atomic E-state index is 14.2. The maximum atomic E-state index is 14.2. The molecule has 0 spiro atoms. The summed E-state index contributed by atoms with van der Waals surface area (Å²) in [5.41, 5.74) is 0.850. The Morgan fingerprint density at radius 2 is 1.55 bits per heavy atom. The van der Waals surface area contributed by atoms with Gasteiger partial charge < -0.3 is 10.2 Å². The number of nitrogens with one attached hydrogen (secondary N) is 1. The van der Waals surface area contributed by atoms with Gasteiger partial charge in [-0.3, -0.25) is 13.9 Å². The summed E-state index contributed by atoms with van der Waals surface area (Å²) in [6.45, 7) is 1.27. The van der Waals surface area contributed by atoms with Crippen molar-refractivity contribution < 1.29 is 18.0 Å². The summed E-state index contributed by atoms with van der Waals surface area (Å²) in [5, 5.41) is 4.33. The number of carbonyl (C=O) groups is 2. The molecular formula is C31H34Cl3N3O4S. The van der Waals surface area contributed by atoms with E-state index in [1.54, 1.807) is 60.7 Å². The van der Waals surface area contributed by atoms with Crippen molar-refractivity contribution in [2.45, 2.75) is 69.0 Å². The molecule has 224 valence electrons. The highest BCUT2D eigenvalue weighted by atomic mass is 35.5.